The summed E-state index contributed by atoms with van der Waals surface area (Å²) in [5.74, 6) is 0.130. The molecule has 0 bridgehead atoms. The van der Waals surface area contributed by atoms with Crippen molar-refractivity contribution in [1.29, 1.82) is 0 Å². The van der Waals surface area contributed by atoms with Gasteiger partial charge in [-0.3, -0.25) is 9.69 Å². The van der Waals surface area contributed by atoms with E-state index in [1.165, 1.54) is 16.2 Å². The lowest BCUT2D eigenvalue weighted by Crippen LogP contribution is -2.51. The van der Waals surface area contributed by atoms with Crippen LogP contribution in [0.3, 0.4) is 0 Å². The number of carbonyl (C=O) groups is 2. The average Bonchev–Trinajstić information content (AvgIpc) is 2.96. The van der Waals surface area contributed by atoms with Crippen molar-refractivity contribution in [2.75, 3.05) is 4.90 Å². The van der Waals surface area contributed by atoms with Crippen LogP contribution < -0.4 is 10.2 Å². The molecule has 0 aromatic heterocycles. The summed E-state index contributed by atoms with van der Waals surface area (Å²) in [5.41, 5.74) is 5.98. The zero-order chi connectivity index (χ0) is 23.2. The minimum atomic E-state index is -0.373. The Bertz CT molecular complexity index is 1090. The van der Waals surface area contributed by atoms with E-state index in [0.717, 1.165) is 23.1 Å². The van der Waals surface area contributed by atoms with E-state index in [9.17, 15) is 9.59 Å². The third-order valence-electron chi connectivity index (χ3n) is 6.63. The van der Waals surface area contributed by atoms with Crippen molar-refractivity contribution in [3.8, 4) is 0 Å². The number of rotatable bonds is 4. The molecule has 2 aromatic carbocycles. The van der Waals surface area contributed by atoms with Crippen LogP contribution in [-0.4, -0.2) is 28.4 Å². The Morgan fingerprint density at radius 3 is 2.50 bits per heavy atom. The van der Waals surface area contributed by atoms with Crippen molar-refractivity contribution < 1.29 is 9.59 Å². The van der Waals surface area contributed by atoms with Gasteiger partial charge in [-0.15, -0.1) is 0 Å². The van der Waals surface area contributed by atoms with E-state index >= 15 is 0 Å². The smallest absolute Gasteiger partial charge is 0.329 e. The maximum Gasteiger partial charge on any atom is 0.329 e. The minimum Gasteiger partial charge on any atom is -0.364 e. The number of carbonyl (C=O) groups excluding carboxylic acids is 2. The molecule has 5 nitrogen and oxygen atoms in total. The number of benzene rings is 2. The van der Waals surface area contributed by atoms with E-state index in [1.807, 2.05) is 36.4 Å². The number of urea groups is 1. The van der Waals surface area contributed by atoms with Gasteiger partial charge in [0.15, 0.2) is 0 Å². The highest BCUT2D eigenvalue weighted by atomic mass is 16.2. The van der Waals surface area contributed by atoms with Crippen LogP contribution in [0, 0.1) is 6.92 Å². The van der Waals surface area contributed by atoms with Crippen molar-refractivity contribution >= 4 is 23.7 Å². The lowest BCUT2D eigenvalue weighted by atomic mass is 9.78. The van der Waals surface area contributed by atoms with E-state index < -0.39 is 0 Å². The summed E-state index contributed by atoms with van der Waals surface area (Å²) in [6, 6.07) is 14.0. The van der Waals surface area contributed by atoms with Crippen LogP contribution in [0.4, 0.5) is 10.5 Å². The minimum absolute atomic E-state index is 0.0837. The summed E-state index contributed by atoms with van der Waals surface area (Å²) >= 11 is 0. The first-order chi connectivity index (χ1) is 15.1. The molecule has 2 aromatic rings. The number of nitrogens with one attached hydrogen (secondary N) is 1. The Kier molecular flexibility index (Phi) is 5.61. The largest absolute Gasteiger partial charge is 0.364 e. The number of hydrogen-bond donors (Lipinski definition) is 1. The van der Waals surface area contributed by atoms with Crippen LogP contribution in [0.25, 0.3) is 6.08 Å². The molecule has 0 aliphatic carbocycles. The molecule has 1 fully saturated rings. The van der Waals surface area contributed by atoms with Gasteiger partial charge in [-0.05, 0) is 87.4 Å². The number of imide groups is 1. The molecule has 0 radical (unpaired) electrons. The predicted molar refractivity (Wildman–Crippen MR) is 129 cm³/mol. The Morgan fingerprint density at radius 2 is 1.84 bits per heavy atom. The van der Waals surface area contributed by atoms with Crippen LogP contribution in [0.5, 0.6) is 0 Å². The Morgan fingerprint density at radius 1 is 1.16 bits per heavy atom. The van der Waals surface area contributed by atoms with Crippen molar-refractivity contribution in [1.82, 2.24) is 10.2 Å². The average molecular weight is 432 g/mol. The standard InChI is InChI=1S/C27H33N3O2/c1-17(2)30-24-12-18(3)21(13-22(24)19(4)15-27(30,5)6)14-23-25(31)29(26(32)28-23)16-20-10-8-7-9-11-20/h7-14,17,19H,15-16H2,1-6H3,(H,28,32)/b23-14-. The zero-order valence-electron chi connectivity index (χ0n) is 19.9. The summed E-state index contributed by atoms with van der Waals surface area (Å²) in [7, 11) is 0. The molecule has 32 heavy (non-hydrogen) atoms. The monoisotopic (exact) mass is 431 g/mol. The van der Waals surface area contributed by atoms with Crippen LogP contribution in [-0.2, 0) is 11.3 Å². The summed E-state index contributed by atoms with van der Waals surface area (Å²) in [6.07, 6.45) is 2.89. The van der Waals surface area contributed by atoms with Crippen LogP contribution >= 0.6 is 0 Å². The second-order valence-electron chi connectivity index (χ2n) is 10.0. The van der Waals surface area contributed by atoms with E-state index in [4.69, 9.17) is 0 Å². The first-order valence-corrected chi connectivity index (χ1v) is 11.4. The van der Waals surface area contributed by atoms with Crippen molar-refractivity contribution in [3.05, 3.63) is 70.4 Å². The van der Waals surface area contributed by atoms with Gasteiger partial charge in [-0.1, -0.05) is 37.3 Å². The van der Waals surface area contributed by atoms with E-state index in [-0.39, 0.29) is 24.0 Å². The quantitative estimate of drug-likeness (QED) is 0.507. The molecule has 2 aliphatic heterocycles. The summed E-state index contributed by atoms with van der Waals surface area (Å²) in [6.45, 7) is 13.7. The molecule has 4 rings (SSSR count). The maximum absolute atomic E-state index is 13.0. The number of nitrogens with zero attached hydrogens (tertiary/aromatic N) is 2. The lowest BCUT2D eigenvalue weighted by molar-refractivity contribution is -0.123. The Labute approximate surface area is 191 Å². The molecule has 2 heterocycles. The molecule has 1 atom stereocenters. The van der Waals surface area contributed by atoms with Gasteiger partial charge in [0.25, 0.3) is 5.91 Å². The van der Waals surface area contributed by atoms with Gasteiger partial charge in [0.2, 0.25) is 0 Å². The second kappa shape index (κ2) is 8.12. The second-order valence-corrected chi connectivity index (χ2v) is 10.0. The Hall–Kier alpha value is -3.08. The van der Waals surface area contributed by atoms with Gasteiger partial charge in [0.05, 0.1) is 6.54 Å². The molecule has 2 aliphatic rings. The first kappa shape index (κ1) is 22.1. The third kappa shape index (κ3) is 3.92. The van der Waals surface area contributed by atoms with Crippen molar-refractivity contribution in [3.63, 3.8) is 0 Å². The van der Waals surface area contributed by atoms with E-state index in [2.05, 4.69) is 63.9 Å². The fourth-order valence-corrected chi connectivity index (χ4v) is 5.38. The normalized spacial score (nSPS) is 21.3. The maximum atomic E-state index is 13.0. The number of anilines is 1. The number of aryl methyl sites for hydroxylation is 1. The summed E-state index contributed by atoms with van der Waals surface area (Å²) < 4.78 is 0. The third-order valence-corrected chi connectivity index (χ3v) is 6.63. The van der Waals surface area contributed by atoms with E-state index in [1.54, 1.807) is 0 Å². The molecule has 1 N–H and O–H groups in total. The number of fused-ring (bicyclic) bond motifs is 1. The molecule has 1 unspecified atom stereocenters. The van der Waals surface area contributed by atoms with Crippen molar-refractivity contribution in [2.24, 2.45) is 0 Å². The molecule has 0 saturated carbocycles. The molecule has 1 saturated heterocycles. The summed E-state index contributed by atoms with van der Waals surface area (Å²) in [5, 5.41) is 2.77. The number of amides is 3. The highest BCUT2D eigenvalue weighted by molar-refractivity contribution is 6.14. The fraction of sp³-hybridized carbons (Fsp3) is 0.407. The van der Waals surface area contributed by atoms with Gasteiger partial charge in [0, 0.05) is 17.3 Å². The topological polar surface area (TPSA) is 52.7 Å². The molecular weight excluding hydrogens is 398 g/mol. The zero-order valence-corrected chi connectivity index (χ0v) is 19.9. The molecule has 0 spiro atoms. The van der Waals surface area contributed by atoms with Gasteiger partial charge in [-0.2, -0.15) is 0 Å². The van der Waals surface area contributed by atoms with Crippen LogP contribution in [0.2, 0.25) is 0 Å². The fourth-order valence-electron chi connectivity index (χ4n) is 5.38. The van der Waals surface area contributed by atoms with Gasteiger partial charge in [0.1, 0.15) is 5.70 Å². The Balaban J connectivity index is 1.67. The highest BCUT2D eigenvalue weighted by Gasteiger charge is 2.38. The van der Waals surface area contributed by atoms with Crippen LogP contribution in [0.1, 0.15) is 69.2 Å². The predicted octanol–water partition coefficient (Wildman–Crippen LogP) is 5.59. The van der Waals surface area contributed by atoms with Gasteiger partial charge >= 0.3 is 6.03 Å². The SMILES string of the molecule is Cc1cc2c(cc1/C=C1\NC(=O)N(Cc3ccccc3)C1=O)C(C)CC(C)(C)N2C(C)C. The highest BCUT2D eigenvalue weighted by Crippen LogP contribution is 2.45. The molecule has 5 heteroatoms. The molecule has 3 amide bonds. The van der Waals surface area contributed by atoms with E-state index in [0.29, 0.717) is 17.7 Å². The first-order valence-electron chi connectivity index (χ1n) is 11.4. The van der Waals surface area contributed by atoms with Gasteiger partial charge in [-0.25, -0.2) is 4.79 Å². The van der Waals surface area contributed by atoms with Crippen molar-refractivity contribution in [2.45, 2.75) is 72.0 Å². The van der Waals surface area contributed by atoms with Gasteiger partial charge < -0.3 is 10.2 Å². The lowest BCUT2D eigenvalue weighted by Gasteiger charge is -2.50. The van der Waals surface area contributed by atoms with Crippen LogP contribution in [0.15, 0.2) is 48.2 Å². The molecular formula is C27H33N3O2. The molecule has 168 valence electrons. The number of hydrogen-bond acceptors (Lipinski definition) is 3. The summed E-state index contributed by atoms with van der Waals surface area (Å²) in [4.78, 5) is 29.3.